The molecule has 1 aromatic rings. The van der Waals surface area contributed by atoms with Crippen LogP contribution in [0.15, 0.2) is 9.68 Å². The lowest BCUT2D eigenvalue weighted by Gasteiger charge is -2.23. The predicted octanol–water partition coefficient (Wildman–Crippen LogP) is 1.54. The van der Waals surface area contributed by atoms with Crippen LogP contribution in [0.4, 0.5) is 0 Å². The van der Waals surface area contributed by atoms with Gasteiger partial charge in [-0.2, -0.15) is 4.98 Å². The van der Waals surface area contributed by atoms with Gasteiger partial charge in [-0.05, 0) is 18.8 Å². The van der Waals surface area contributed by atoms with Gasteiger partial charge in [0.05, 0.1) is 0 Å². The molecule has 5 heteroatoms. The highest BCUT2D eigenvalue weighted by molar-refractivity contribution is 5.97. The highest BCUT2D eigenvalue weighted by atomic mass is 16.6. The molecular weight excluding hydrogens is 194 g/mol. The van der Waals surface area contributed by atoms with Gasteiger partial charge in [0.2, 0.25) is 11.7 Å². The van der Waals surface area contributed by atoms with Crippen molar-refractivity contribution in [3.8, 4) is 0 Å². The van der Waals surface area contributed by atoms with Crippen molar-refractivity contribution in [3.05, 3.63) is 11.7 Å². The average molecular weight is 207 g/mol. The van der Waals surface area contributed by atoms with Gasteiger partial charge in [0, 0.05) is 12.8 Å². The van der Waals surface area contributed by atoms with Crippen molar-refractivity contribution in [3.63, 3.8) is 0 Å². The molecule has 1 aliphatic carbocycles. The summed E-state index contributed by atoms with van der Waals surface area (Å²) >= 11 is 0. The van der Waals surface area contributed by atoms with E-state index in [4.69, 9.17) is 9.36 Å². The van der Waals surface area contributed by atoms with Gasteiger partial charge in [0.15, 0.2) is 0 Å². The maximum atomic E-state index is 5.19. The lowest BCUT2D eigenvalue weighted by atomic mass is 9.83. The van der Waals surface area contributed by atoms with Crippen LogP contribution in [0.25, 0.3) is 0 Å². The van der Waals surface area contributed by atoms with Crippen molar-refractivity contribution < 1.29 is 9.36 Å². The monoisotopic (exact) mass is 207 g/mol. The summed E-state index contributed by atoms with van der Waals surface area (Å²) in [6.07, 6.45) is 5.62. The van der Waals surface area contributed by atoms with Crippen LogP contribution in [0.5, 0.6) is 0 Å². The van der Waals surface area contributed by atoms with Gasteiger partial charge in [0.1, 0.15) is 12.3 Å². The Morgan fingerprint density at radius 2 is 2.27 bits per heavy atom. The van der Waals surface area contributed by atoms with Gasteiger partial charge in [0.25, 0.3) is 0 Å². The summed E-state index contributed by atoms with van der Waals surface area (Å²) in [5, 5.41) is 7.78. The molecule has 3 rings (SSSR count). The molecule has 0 aromatic carbocycles. The SMILES string of the molecule is C1CC(Cc2nc(C3=NOCC3)no2)C1. The quantitative estimate of drug-likeness (QED) is 0.754. The van der Waals surface area contributed by atoms with Crippen LogP contribution in [0.3, 0.4) is 0 Å². The van der Waals surface area contributed by atoms with Gasteiger partial charge in [-0.15, -0.1) is 0 Å². The Hall–Kier alpha value is -1.39. The number of hydrogen-bond donors (Lipinski definition) is 0. The number of aromatic nitrogens is 2. The summed E-state index contributed by atoms with van der Waals surface area (Å²) < 4.78 is 5.19. The van der Waals surface area contributed by atoms with E-state index in [0.29, 0.717) is 12.4 Å². The molecule has 2 aliphatic rings. The summed E-state index contributed by atoms with van der Waals surface area (Å²) in [6, 6.07) is 0. The van der Waals surface area contributed by atoms with E-state index >= 15 is 0 Å². The van der Waals surface area contributed by atoms with Crippen LogP contribution in [-0.4, -0.2) is 22.5 Å². The number of nitrogens with zero attached hydrogens (tertiary/aromatic N) is 3. The van der Waals surface area contributed by atoms with Crippen molar-refractivity contribution in [1.29, 1.82) is 0 Å². The highest BCUT2D eigenvalue weighted by Crippen LogP contribution is 2.29. The van der Waals surface area contributed by atoms with E-state index in [-0.39, 0.29) is 0 Å². The first-order valence-electron chi connectivity index (χ1n) is 5.43. The molecule has 80 valence electrons. The average Bonchev–Trinajstić information content (AvgIpc) is 2.82. The third-order valence-corrected chi connectivity index (χ3v) is 3.02. The normalized spacial score (nSPS) is 20.9. The van der Waals surface area contributed by atoms with Crippen LogP contribution in [0.1, 0.15) is 37.4 Å². The molecule has 1 fully saturated rings. The van der Waals surface area contributed by atoms with Crippen molar-refractivity contribution in [1.82, 2.24) is 10.1 Å². The molecule has 0 saturated heterocycles. The molecule has 0 spiro atoms. The predicted molar refractivity (Wildman–Crippen MR) is 52.4 cm³/mol. The maximum Gasteiger partial charge on any atom is 0.227 e. The second kappa shape index (κ2) is 3.64. The topological polar surface area (TPSA) is 60.5 Å². The molecule has 0 bridgehead atoms. The first-order valence-corrected chi connectivity index (χ1v) is 5.43. The fraction of sp³-hybridized carbons (Fsp3) is 0.700. The number of oxime groups is 1. The molecule has 1 aliphatic heterocycles. The molecule has 0 radical (unpaired) electrons. The van der Waals surface area contributed by atoms with Crippen molar-refractivity contribution in [2.45, 2.75) is 32.1 Å². The lowest BCUT2D eigenvalue weighted by molar-refractivity contribution is 0.174. The molecular formula is C10H13N3O2. The first-order chi connectivity index (χ1) is 7.42. The zero-order valence-electron chi connectivity index (χ0n) is 8.48. The summed E-state index contributed by atoms with van der Waals surface area (Å²) in [7, 11) is 0. The van der Waals surface area contributed by atoms with E-state index in [1.807, 2.05) is 0 Å². The fourth-order valence-corrected chi connectivity index (χ4v) is 1.86. The van der Waals surface area contributed by atoms with Crippen LogP contribution in [-0.2, 0) is 11.3 Å². The minimum Gasteiger partial charge on any atom is -0.395 e. The fourth-order valence-electron chi connectivity index (χ4n) is 1.86. The van der Waals surface area contributed by atoms with Crippen molar-refractivity contribution in [2.24, 2.45) is 11.1 Å². The number of hydrogen-bond acceptors (Lipinski definition) is 5. The van der Waals surface area contributed by atoms with Crippen molar-refractivity contribution in [2.75, 3.05) is 6.61 Å². The van der Waals surface area contributed by atoms with E-state index in [1.54, 1.807) is 0 Å². The van der Waals surface area contributed by atoms with E-state index in [0.717, 1.165) is 30.4 Å². The largest absolute Gasteiger partial charge is 0.395 e. The van der Waals surface area contributed by atoms with E-state index in [1.165, 1.54) is 19.3 Å². The van der Waals surface area contributed by atoms with Crippen LogP contribution in [0, 0.1) is 5.92 Å². The first kappa shape index (κ1) is 8.88. The zero-order chi connectivity index (χ0) is 10.1. The third kappa shape index (κ3) is 1.73. The van der Waals surface area contributed by atoms with Gasteiger partial charge in [-0.25, -0.2) is 0 Å². The summed E-state index contributed by atoms with van der Waals surface area (Å²) in [5.41, 5.74) is 0.804. The maximum absolute atomic E-state index is 5.19. The van der Waals surface area contributed by atoms with Gasteiger partial charge < -0.3 is 9.36 Å². The van der Waals surface area contributed by atoms with E-state index < -0.39 is 0 Å². The third-order valence-electron chi connectivity index (χ3n) is 3.02. The van der Waals surface area contributed by atoms with Gasteiger partial charge in [-0.3, -0.25) is 0 Å². The minimum atomic E-state index is 0.599. The molecule has 5 nitrogen and oxygen atoms in total. The Morgan fingerprint density at radius 3 is 2.93 bits per heavy atom. The zero-order valence-corrected chi connectivity index (χ0v) is 8.48. The molecule has 1 aromatic heterocycles. The molecule has 0 atom stereocenters. The van der Waals surface area contributed by atoms with Gasteiger partial charge >= 0.3 is 0 Å². The smallest absolute Gasteiger partial charge is 0.227 e. The summed E-state index contributed by atoms with van der Waals surface area (Å²) in [4.78, 5) is 9.23. The second-order valence-corrected chi connectivity index (χ2v) is 4.13. The number of rotatable bonds is 3. The van der Waals surface area contributed by atoms with Crippen LogP contribution < -0.4 is 0 Å². The highest BCUT2D eigenvalue weighted by Gasteiger charge is 2.22. The molecule has 0 N–H and O–H groups in total. The Labute approximate surface area is 87.5 Å². The standard InChI is InChI=1S/C10H13N3O2/c1-2-7(3-1)6-9-11-10(13-15-9)8-4-5-14-12-8/h7H,1-6H2. The minimum absolute atomic E-state index is 0.599. The Morgan fingerprint density at radius 1 is 1.33 bits per heavy atom. The Bertz CT molecular complexity index is 382. The van der Waals surface area contributed by atoms with E-state index in [2.05, 4.69) is 15.3 Å². The van der Waals surface area contributed by atoms with Gasteiger partial charge in [-0.1, -0.05) is 16.7 Å². The van der Waals surface area contributed by atoms with Crippen molar-refractivity contribution >= 4 is 5.71 Å². The summed E-state index contributed by atoms with van der Waals surface area (Å²) in [5.74, 6) is 2.09. The summed E-state index contributed by atoms with van der Waals surface area (Å²) in [6.45, 7) is 0.627. The Balaban J connectivity index is 1.69. The van der Waals surface area contributed by atoms with Crippen LogP contribution in [0.2, 0.25) is 0 Å². The molecule has 0 amide bonds. The van der Waals surface area contributed by atoms with Crippen LogP contribution >= 0.6 is 0 Å². The molecule has 2 heterocycles. The molecule has 15 heavy (non-hydrogen) atoms. The molecule has 0 unspecified atom stereocenters. The molecule has 1 saturated carbocycles. The Kier molecular flexibility index (Phi) is 2.16. The van der Waals surface area contributed by atoms with E-state index in [9.17, 15) is 0 Å². The lowest BCUT2D eigenvalue weighted by Crippen LogP contribution is -2.13. The second-order valence-electron chi connectivity index (χ2n) is 4.13.